The van der Waals surface area contributed by atoms with Crippen LogP contribution in [-0.4, -0.2) is 52.4 Å². The van der Waals surface area contributed by atoms with Gasteiger partial charge in [-0.25, -0.2) is 4.98 Å². The SMILES string of the molecule is CCc1nsc(N2CCCN(C(=O)C(C)C(C)N)CC2)n1.Cl.Cl. The van der Waals surface area contributed by atoms with Gasteiger partial charge in [-0.3, -0.25) is 4.79 Å². The smallest absolute Gasteiger partial charge is 0.227 e. The number of aryl methyl sites for hydroxylation is 1. The number of hydrogen-bond donors (Lipinski definition) is 1. The number of nitrogens with two attached hydrogens (primary N) is 1. The van der Waals surface area contributed by atoms with Gasteiger partial charge in [-0.1, -0.05) is 13.8 Å². The second-order valence-electron chi connectivity index (χ2n) is 5.66. The van der Waals surface area contributed by atoms with Crippen LogP contribution in [0.4, 0.5) is 5.13 Å². The number of carbonyl (C=O) groups is 1. The molecule has 1 aromatic rings. The molecule has 0 aromatic carbocycles. The summed E-state index contributed by atoms with van der Waals surface area (Å²) in [4.78, 5) is 21.1. The van der Waals surface area contributed by atoms with Crippen LogP contribution in [0.3, 0.4) is 0 Å². The lowest BCUT2D eigenvalue weighted by atomic mass is 10.0. The average Bonchev–Trinajstić information content (AvgIpc) is 2.82. The molecular weight excluding hydrogens is 357 g/mol. The summed E-state index contributed by atoms with van der Waals surface area (Å²) >= 11 is 1.45. The minimum Gasteiger partial charge on any atom is -0.345 e. The molecule has 0 radical (unpaired) electrons. The predicted octanol–water partition coefficient (Wildman–Crippen LogP) is 1.97. The molecule has 2 atom stereocenters. The van der Waals surface area contributed by atoms with Crippen molar-refractivity contribution in [2.45, 2.75) is 39.7 Å². The van der Waals surface area contributed by atoms with E-state index < -0.39 is 0 Å². The van der Waals surface area contributed by atoms with Gasteiger partial charge in [-0.05, 0) is 13.3 Å². The third kappa shape index (κ3) is 5.74. The third-order valence-corrected chi connectivity index (χ3v) is 4.84. The molecule has 2 N–H and O–H groups in total. The molecule has 1 amide bonds. The summed E-state index contributed by atoms with van der Waals surface area (Å²) in [6, 6.07) is -0.105. The van der Waals surface area contributed by atoms with Crippen molar-refractivity contribution in [3.63, 3.8) is 0 Å². The summed E-state index contributed by atoms with van der Waals surface area (Å²) in [6.45, 7) is 9.13. The standard InChI is InChI=1S/C14H25N5OS.2ClH/c1-4-12-16-14(21-17-12)19-7-5-6-18(8-9-19)13(20)10(2)11(3)15;;/h10-11H,4-9,15H2,1-3H3;2*1H. The molecule has 23 heavy (non-hydrogen) atoms. The molecule has 0 spiro atoms. The van der Waals surface area contributed by atoms with Crippen molar-refractivity contribution in [1.29, 1.82) is 0 Å². The Morgan fingerprint density at radius 3 is 2.52 bits per heavy atom. The van der Waals surface area contributed by atoms with Gasteiger partial charge in [0.05, 0.1) is 5.92 Å². The zero-order valence-corrected chi connectivity index (χ0v) is 16.3. The quantitative estimate of drug-likeness (QED) is 0.859. The maximum Gasteiger partial charge on any atom is 0.227 e. The number of anilines is 1. The minimum absolute atomic E-state index is 0. The lowest BCUT2D eigenvalue weighted by molar-refractivity contribution is -0.135. The first-order chi connectivity index (χ1) is 10.0. The Kier molecular flexibility index (Phi) is 10.00. The Morgan fingerprint density at radius 2 is 1.96 bits per heavy atom. The Balaban J connectivity index is 0.00000242. The number of hydrogen-bond acceptors (Lipinski definition) is 6. The van der Waals surface area contributed by atoms with Crippen molar-refractivity contribution in [2.24, 2.45) is 11.7 Å². The first kappa shape index (κ1) is 22.4. The topological polar surface area (TPSA) is 75.4 Å². The fourth-order valence-electron chi connectivity index (χ4n) is 2.36. The van der Waals surface area contributed by atoms with Crippen LogP contribution >= 0.6 is 36.3 Å². The van der Waals surface area contributed by atoms with E-state index in [9.17, 15) is 4.79 Å². The fraction of sp³-hybridized carbons (Fsp3) is 0.786. The largest absolute Gasteiger partial charge is 0.345 e. The number of nitrogens with zero attached hydrogens (tertiary/aromatic N) is 4. The van der Waals surface area contributed by atoms with Gasteiger partial charge in [0, 0.05) is 50.2 Å². The van der Waals surface area contributed by atoms with E-state index in [1.165, 1.54) is 11.5 Å². The Labute approximate surface area is 154 Å². The maximum absolute atomic E-state index is 12.4. The molecule has 0 aliphatic carbocycles. The number of amides is 1. The molecule has 2 unspecified atom stereocenters. The van der Waals surface area contributed by atoms with E-state index in [2.05, 4.69) is 21.2 Å². The van der Waals surface area contributed by atoms with Crippen molar-refractivity contribution in [1.82, 2.24) is 14.3 Å². The van der Waals surface area contributed by atoms with Crippen molar-refractivity contribution in [2.75, 3.05) is 31.1 Å². The van der Waals surface area contributed by atoms with Crippen molar-refractivity contribution in [3.05, 3.63) is 5.82 Å². The van der Waals surface area contributed by atoms with Crippen LogP contribution < -0.4 is 10.6 Å². The normalized spacial score (nSPS) is 17.6. The number of carbonyl (C=O) groups excluding carboxylic acids is 1. The molecule has 2 heterocycles. The van der Waals surface area contributed by atoms with Crippen molar-refractivity contribution >= 4 is 47.4 Å². The molecule has 1 fully saturated rings. The van der Waals surface area contributed by atoms with Gasteiger partial charge >= 0.3 is 0 Å². The van der Waals surface area contributed by atoms with Gasteiger partial charge in [0.1, 0.15) is 5.82 Å². The lowest BCUT2D eigenvalue weighted by Gasteiger charge is -2.26. The summed E-state index contributed by atoms with van der Waals surface area (Å²) in [5, 5.41) is 0.974. The van der Waals surface area contributed by atoms with Crippen LogP contribution in [0.1, 0.15) is 33.0 Å². The lowest BCUT2D eigenvalue weighted by Crippen LogP contribution is -2.43. The van der Waals surface area contributed by atoms with E-state index in [1.807, 2.05) is 18.7 Å². The number of aromatic nitrogens is 2. The predicted molar refractivity (Wildman–Crippen MR) is 100 cm³/mol. The summed E-state index contributed by atoms with van der Waals surface area (Å²) in [7, 11) is 0. The molecular formula is C14H27Cl2N5OS. The highest BCUT2D eigenvalue weighted by Crippen LogP contribution is 2.20. The van der Waals surface area contributed by atoms with E-state index in [0.717, 1.165) is 50.0 Å². The zero-order chi connectivity index (χ0) is 15.4. The highest BCUT2D eigenvalue weighted by Gasteiger charge is 2.26. The molecule has 134 valence electrons. The maximum atomic E-state index is 12.4. The second-order valence-corrected chi connectivity index (χ2v) is 6.39. The van der Waals surface area contributed by atoms with Gasteiger partial charge in [0.2, 0.25) is 11.0 Å². The highest BCUT2D eigenvalue weighted by molar-refractivity contribution is 7.09. The summed E-state index contributed by atoms with van der Waals surface area (Å²) in [5.74, 6) is 0.945. The molecule has 1 saturated heterocycles. The van der Waals surface area contributed by atoms with Crippen molar-refractivity contribution in [3.8, 4) is 0 Å². The Morgan fingerprint density at radius 1 is 1.26 bits per heavy atom. The average molecular weight is 384 g/mol. The first-order valence-corrected chi connectivity index (χ1v) is 8.42. The van der Waals surface area contributed by atoms with E-state index in [4.69, 9.17) is 5.73 Å². The monoisotopic (exact) mass is 383 g/mol. The Hall–Kier alpha value is -0.630. The fourth-order valence-corrected chi connectivity index (χ4v) is 3.16. The Bertz CT molecular complexity index is 485. The van der Waals surface area contributed by atoms with Gasteiger partial charge in [-0.15, -0.1) is 24.8 Å². The molecule has 6 nitrogen and oxygen atoms in total. The van der Waals surface area contributed by atoms with Gasteiger partial charge in [-0.2, -0.15) is 4.37 Å². The van der Waals surface area contributed by atoms with E-state index in [0.29, 0.717) is 0 Å². The van der Waals surface area contributed by atoms with E-state index in [1.54, 1.807) is 0 Å². The molecule has 1 aliphatic rings. The van der Waals surface area contributed by atoms with E-state index in [-0.39, 0.29) is 42.7 Å². The zero-order valence-electron chi connectivity index (χ0n) is 13.9. The second kappa shape index (κ2) is 10.3. The van der Waals surface area contributed by atoms with Crippen LogP contribution in [0.15, 0.2) is 0 Å². The molecule has 0 bridgehead atoms. The van der Waals surface area contributed by atoms with Gasteiger partial charge in [0.25, 0.3) is 0 Å². The van der Waals surface area contributed by atoms with Crippen LogP contribution in [-0.2, 0) is 11.2 Å². The van der Waals surface area contributed by atoms with Gasteiger partial charge < -0.3 is 15.5 Å². The van der Waals surface area contributed by atoms with Crippen LogP contribution in [0.5, 0.6) is 0 Å². The molecule has 0 saturated carbocycles. The third-order valence-electron chi connectivity index (χ3n) is 4.03. The van der Waals surface area contributed by atoms with Crippen LogP contribution in [0.2, 0.25) is 0 Å². The summed E-state index contributed by atoms with van der Waals surface area (Å²) in [5.41, 5.74) is 5.84. The van der Waals surface area contributed by atoms with E-state index >= 15 is 0 Å². The minimum atomic E-state index is -0.121. The first-order valence-electron chi connectivity index (χ1n) is 7.64. The summed E-state index contributed by atoms with van der Waals surface area (Å²) < 4.78 is 4.34. The number of rotatable bonds is 4. The van der Waals surface area contributed by atoms with Crippen LogP contribution in [0.25, 0.3) is 0 Å². The highest BCUT2D eigenvalue weighted by atomic mass is 35.5. The summed E-state index contributed by atoms with van der Waals surface area (Å²) in [6.07, 6.45) is 1.82. The molecule has 1 aliphatic heterocycles. The molecule has 9 heteroatoms. The van der Waals surface area contributed by atoms with Crippen molar-refractivity contribution < 1.29 is 4.79 Å². The molecule has 1 aromatic heterocycles. The van der Waals surface area contributed by atoms with Gasteiger partial charge in [0.15, 0.2) is 0 Å². The molecule has 2 rings (SSSR count). The van der Waals surface area contributed by atoms with Crippen LogP contribution in [0, 0.1) is 5.92 Å². The number of halogens is 2.